The lowest BCUT2D eigenvalue weighted by atomic mass is 9.89. The monoisotopic (exact) mass is 1240 g/mol. The third-order valence-electron chi connectivity index (χ3n) is 14.6. The van der Waals surface area contributed by atoms with Crippen molar-refractivity contribution in [1.82, 2.24) is 34.8 Å². The van der Waals surface area contributed by atoms with E-state index in [-0.39, 0.29) is 5.56 Å². The van der Waals surface area contributed by atoms with E-state index in [1.807, 2.05) is 111 Å². The summed E-state index contributed by atoms with van der Waals surface area (Å²) in [5.41, 5.74) is 11.6. The van der Waals surface area contributed by atoms with E-state index < -0.39 is 40.8 Å². The van der Waals surface area contributed by atoms with E-state index in [1.54, 1.807) is 50.3 Å². The molecule has 460 valence electrons. The highest BCUT2D eigenvalue weighted by Gasteiger charge is 2.33. The van der Waals surface area contributed by atoms with Crippen LogP contribution in [0.25, 0.3) is 103 Å². The summed E-state index contributed by atoms with van der Waals surface area (Å²) in [4.78, 5) is 36.5. The number of carbonyl (C=O) groups is 1. The number of aldehydes is 1. The number of benzene rings is 9. The number of rotatable bonds is 13. The molecule has 0 aliphatic carbocycles. The number of alkyl halides is 9. The van der Waals surface area contributed by atoms with Crippen molar-refractivity contribution in [2.45, 2.75) is 44.5 Å². The van der Waals surface area contributed by atoms with Crippen LogP contribution in [0.4, 0.5) is 39.5 Å². The molecule has 0 saturated carbocycles. The van der Waals surface area contributed by atoms with Gasteiger partial charge in [0.15, 0.2) is 6.29 Å². The van der Waals surface area contributed by atoms with Gasteiger partial charge in [0.2, 0.25) is 0 Å². The molecule has 9 nitrogen and oxygen atoms in total. The molecule has 91 heavy (non-hydrogen) atoms. The lowest BCUT2D eigenvalue weighted by Gasteiger charge is -2.21. The standard InChI is InChI=1S/C25H22F3N3.C25H21F3N2O.C23H15F3N2O/c1-31(2)16-19-5-3-4-6-21(19)18-10-13-22-23(15-18)30-24(29-22)14-9-17-7-11-20(12-8-17)25(26,27)28;1-24(2,31)20-10-6-4-8-18(20)17-11-13-21-22(15-17)30-23(29-21)14-12-16-7-3-5-9-19(16)25(26,27)28;24-23(25,26)18-9-5-15(6-10-18)7-12-22-27-20-11-8-16(13-21(20)28-22)19-4-2-1-3-17(19)14-29/h3-15H,16H2,1-2H3,(H,29,30);3-15,31H,1-2H3,(H,29,30);1-14H,(H,27,28)/b14-9+;14-12+;12-7+. The van der Waals surface area contributed by atoms with Crippen molar-refractivity contribution >= 4 is 75.8 Å². The summed E-state index contributed by atoms with van der Waals surface area (Å²) in [6.07, 6.45) is -2.41. The van der Waals surface area contributed by atoms with Gasteiger partial charge in [0, 0.05) is 12.1 Å². The number of nitrogens with zero attached hydrogens (tertiary/aromatic N) is 4. The van der Waals surface area contributed by atoms with Gasteiger partial charge < -0.3 is 25.0 Å². The maximum Gasteiger partial charge on any atom is 0.416 e. The Morgan fingerprint density at radius 2 is 0.802 bits per heavy atom. The number of imidazole rings is 3. The summed E-state index contributed by atoms with van der Waals surface area (Å²) in [6.45, 7) is 4.32. The van der Waals surface area contributed by atoms with Crippen molar-refractivity contribution in [2.24, 2.45) is 0 Å². The molecule has 0 aliphatic rings. The maximum absolute atomic E-state index is 13.2. The van der Waals surface area contributed by atoms with Gasteiger partial charge in [-0.15, -0.1) is 0 Å². The highest BCUT2D eigenvalue weighted by Crippen LogP contribution is 2.36. The largest absolute Gasteiger partial charge is 0.416 e. The Bertz CT molecular complexity index is 4620. The molecule has 0 bridgehead atoms. The van der Waals surface area contributed by atoms with Gasteiger partial charge in [-0.05, 0) is 174 Å². The highest BCUT2D eigenvalue weighted by molar-refractivity contribution is 5.91. The normalized spacial score (nSPS) is 12.3. The van der Waals surface area contributed by atoms with E-state index in [9.17, 15) is 49.4 Å². The van der Waals surface area contributed by atoms with E-state index >= 15 is 0 Å². The smallest absolute Gasteiger partial charge is 0.386 e. The molecular weight excluding hydrogens is 1180 g/mol. The first kappa shape index (κ1) is 63.6. The van der Waals surface area contributed by atoms with Crippen LogP contribution in [0.3, 0.4) is 0 Å². The van der Waals surface area contributed by atoms with Gasteiger partial charge in [-0.1, -0.05) is 152 Å². The molecular formula is C73H58F9N7O2. The van der Waals surface area contributed by atoms with Crippen LogP contribution in [0.5, 0.6) is 0 Å². The second-order valence-electron chi connectivity index (χ2n) is 22.1. The molecule has 0 amide bonds. The average Bonchev–Trinajstić information content (AvgIpc) is 1.99. The van der Waals surface area contributed by atoms with Crippen molar-refractivity contribution in [3.05, 3.63) is 268 Å². The summed E-state index contributed by atoms with van der Waals surface area (Å²) in [7, 11) is 4.09. The molecule has 0 unspecified atom stereocenters. The van der Waals surface area contributed by atoms with E-state index in [4.69, 9.17) is 0 Å². The fourth-order valence-electron chi connectivity index (χ4n) is 10.2. The molecule has 18 heteroatoms. The zero-order chi connectivity index (χ0) is 64.7. The maximum atomic E-state index is 13.2. The second kappa shape index (κ2) is 26.7. The predicted molar refractivity (Wildman–Crippen MR) is 344 cm³/mol. The number of hydrogen-bond donors (Lipinski definition) is 4. The minimum atomic E-state index is -4.42. The van der Waals surface area contributed by atoms with E-state index in [1.165, 1.54) is 59.7 Å². The Kier molecular flexibility index (Phi) is 18.7. The van der Waals surface area contributed by atoms with Gasteiger partial charge in [-0.3, -0.25) is 4.79 Å². The van der Waals surface area contributed by atoms with Crippen molar-refractivity contribution in [2.75, 3.05) is 14.1 Å². The number of halogens is 9. The van der Waals surface area contributed by atoms with Crippen LogP contribution in [0.2, 0.25) is 0 Å². The number of aromatic nitrogens is 6. The average molecular weight is 1240 g/mol. The van der Waals surface area contributed by atoms with Gasteiger partial charge in [-0.25, -0.2) is 15.0 Å². The molecule has 12 aromatic rings. The first-order chi connectivity index (χ1) is 43.4. The number of hydrogen-bond acceptors (Lipinski definition) is 6. The van der Waals surface area contributed by atoms with Crippen molar-refractivity contribution < 1.29 is 49.4 Å². The summed E-state index contributed by atoms with van der Waals surface area (Å²) >= 11 is 0. The van der Waals surface area contributed by atoms with Crippen LogP contribution >= 0.6 is 0 Å². The van der Waals surface area contributed by atoms with Gasteiger partial charge in [-0.2, -0.15) is 39.5 Å². The van der Waals surface area contributed by atoms with Gasteiger partial charge in [0.1, 0.15) is 17.5 Å². The van der Waals surface area contributed by atoms with Crippen molar-refractivity contribution in [3.63, 3.8) is 0 Å². The number of carbonyl (C=O) groups excluding carboxylic acids is 1. The molecule has 3 aromatic heterocycles. The van der Waals surface area contributed by atoms with Gasteiger partial charge >= 0.3 is 18.5 Å². The Labute approximate surface area is 517 Å². The summed E-state index contributed by atoms with van der Waals surface area (Å²) in [5, 5.41) is 10.5. The molecule has 0 aliphatic heterocycles. The molecule has 0 saturated heterocycles. The molecule has 0 radical (unpaired) electrons. The predicted octanol–water partition coefficient (Wildman–Crippen LogP) is 19.4. The minimum absolute atomic E-state index is 0.0789. The van der Waals surface area contributed by atoms with Crippen LogP contribution < -0.4 is 0 Å². The van der Waals surface area contributed by atoms with Crippen LogP contribution in [-0.4, -0.2) is 60.3 Å². The van der Waals surface area contributed by atoms with Crippen LogP contribution in [-0.2, 0) is 30.7 Å². The number of aromatic amines is 3. The summed E-state index contributed by atoms with van der Waals surface area (Å²) in [5.74, 6) is 1.69. The zero-order valence-corrected chi connectivity index (χ0v) is 49.3. The first-order valence-electron chi connectivity index (χ1n) is 28.5. The molecule has 0 fully saturated rings. The quantitative estimate of drug-likeness (QED) is 0.0673. The number of aliphatic hydroxyl groups is 1. The van der Waals surface area contributed by atoms with Gasteiger partial charge in [0.25, 0.3) is 0 Å². The Morgan fingerprint density at radius 1 is 0.418 bits per heavy atom. The van der Waals surface area contributed by atoms with Gasteiger partial charge in [0.05, 0.1) is 55.4 Å². The second-order valence-corrected chi connectivity index (χ2v) is 22.1. The molecule has 0 atom stereocenters. The fourth-order valence-corrected chi connectivity index (χ4v) is 10.2. The third kappa shape index (κ3) is 15.9. The summed E-state index contributed by atoms with van der Waals surface area (Å²) < 4.78 is 116. The third-order valence-corrected chi connectivity index (χ3v) is 14.6. The van der Waals surface area contributed by atoms with Crippen molar-refractivity contribution in [1.29, 1.82) is 0 Å². The van der Waals surface area contributed by atoms with Crippen LogP contribution in [0.1, 0.15) is 86.2 Å². The molecule has 12 rings (SSSR count). The molecule has 4 N–H and O–H groups in total. The van der Waals surface area contributed by atoms with E-state index in [0.29, 0.717) is 39.7 Å². The Balaban J connectivity index is 0.000000150. The fraction of sp³-hybridized carbons (Fsp3) is 0.123. The lowest BCUT2D eigenvalue weighted by molar-refractivity contribution is -0.138. The Hall–Kier alpha value is -10.4. The van der Waals surface area contributed by atoms with E-state index in [0.717, 1.165) is 104 Å². The highest BCUT2D eigenvalue weighted by atomic mass is 19.4. The lowest BCUT2D eigenvalue weighted by Crippen LogP contribution is -2.16. The van der Waals surface area contributed by atoms with Crippen molar-refractivity contribution in [3.8, 4) is 33.4 Å². The molecule has 0 spiro atoms. The molecule has 3 heterocycles. The SMILES string of the molecule is CC(C)(O)c1ccccc1-c1ccc2nc(/C=C/c3ccccc3C(F)(F)F)[nH]c2c1.CN(C)Cc1ccccc1-c1ccc2nc(/C=C/c3ccc(C(F)(F)F)cc3)[nH]c2c1.O=Cc1ccccc1-c1ccc2nc(/C=C/c3ccc(C(F)(F)F)cc3)[nH]c2c1. The van der Waals surface area contributed by atoms with Crippen LogP contribution in [0.15, 0.2) is 200 Å². The minimum Gasteiger partial charge on any atom is -0.386 e. The summed E-state index contributed by atoms with van der Waals surface area (Å²) in [6, 6.07) is 56.1. The van der Waals surface area contributed by atoms with Crippen LogP contribution in [0, 0.1) is 0 Å². The Morgan fingerprint density at radius 3 is 1.24 bits per heavy atom. The number of nitrogens with one attached hydrogen (secondary N) is 3. The zero-order valence-electron chi connectivity index (χ0n) is 49.3. The first-order valence-corrected chi connectivity index (χ1v) is 28.5. The number of fused-ring (bicyclic) bond motifs is 3. The topological polar surface area (TPSA) is 127 Å². The number of H-pyrrole nitrogens is 3. The van der Waals surface area contributed by atoms with E-state index in [2.05, 4.69) is 59.1 Å². The molecule has 9 aromatic carbocycles.